The average molecular weight is 393 g/mol. The largest absolute Gasteiger partial charge is 0.452 e. The number of aryl methyl sites for hydroxylation is 1. The summed E-state index contributed by atoms with van der Waals surface area (Å²) in [4.78, 5) is 13.0. The molecule has 7 heteroatoms. The Morgan fingerprint density at radius 1 is 1.26 bits per heavy atom. The molecule has 2 aromatic heterocycles. The van der Waals surface area contributed by atoms with Crippen molar-refractivity contribution in [2.75, 3.05) is 0 Å². The van der Waals surface area contributed by atoms with Gasteiger partial charge in [0.25, 0.3) is 11.8 Å². The third-order valence-corrected chi connectivity index (χ3v) is 5.01. The molecule has 1 aromatic carbocycles. The van der Waals surface area contributed by atoms with E-state index in [0.29, 0.717) is 11.5 Å². The molecule has 0 aliphatic carbocycles. The van der Waals surface area contributed by atoms with Crippen LogP contribution in [-0.4, -0.2) is 16.2 Å². The van der Waals surface area contributed by atoms with E-state index in [1.54, 1.807) is 6.07 Å². The first-order chi connectivity index (χ1) is 11.0. The minimum Gasteiger partial charge on any atom is -0.452 e. The first-order valence-corrected chi connectivity index (χ1v) is 8.47. The monoisotopic (exact) mass is 392 g/mol. The lowest BCUT2D eigenvalue weighted by Gasteiger charge is -2.07. The van der Waals surface area contributed by atoms with E-state index in [0.717, 1.165) is 19.8 Å². The van der Waals surface area contributed by atoms with Crippen molar-refractivity contribution in [3.8, 4) is 10.8 Å². The zero-order valence-corrected chi connectivity index (χ0v) is 14.9. The Kier molecular flexibility index (Phi) is 4.58. The Labute approximate surface area is 145 Å². The maximum absolute atomic E-state index is 12.2. The Morgan fingerprint density at radius 2 is 2.09 bits per heavy atom. The Balaban J connectivity index is 1.68. The van der Waals surface area contributed by atoms with Crippen molar-refractivity contribution in [3.05, 3.63) is 56.7 Å². The van der Waals surface area contributed by atoms with Crippen LogP contribution in [0.5, 0.6) is 0 Å². The normalized spacial score (nSPS) is 10.7. The third kappa shape index (κ3) is 3.51. The van der Waals surface area contributed by atoms with Gasteiger partial charge in [-0.1, -0.05) is 12.1 Å². The first-order valence-electron chi connectivity index (χ1n) is 6.86. The van der Waals surface area contributed by atoms with E-state index in [1.165, 1.54) is 11.3 Å². The molecule has 0 aliphatic rings. The molecule has 0 amide bonds. The fraction of sp³-hybridized carbons (Fsp3) is 0.188. The highest BCUT2D eigenvalue weighted by atomic mass is 79.9. The van der Waals surface area contributed by atoms with Crippen molar-refractivity contribution in [1.82, 2.24) is 10.2 Å². The molecule has 0 atom stereocenters. The molecule has 3 aromatic rings. The van der Waals surface area contributed by atoms with Crippen molar-refractivity contribution in [1.29, 1.82) is 0 Å². The summed E-state index contributed by atoms with van der Waals surface area (Å²) in [6, 6.07) is 9.32. The number of benzene rings is 1. The Hall–Kier alpha value is -1.99. The Bertz CT molecular complexity index is 857. The van der Waals surface area contributed by atoms with Crippen LogP contribution >= 0.6 is 27.3 Å². The molecule has 5 nitrogen and oxygen atoms in total. The van der Waals surface area contributed by atoms with Gasteiger partial charge in [0, 0.05) is 0 Å². The molecule has 0 unspecified atom stereocenters. The average Bonchev–Trinajstić information content (AvgIpc) is 3.16. The number of halogens is 1. The van der Waals surface area contributed by atoms with Gasteiger partial charge < -0.3 is 9.15 Å². The van der Waals surface area contributed by atoms with Crippen LogP contribution in [0, 0.1) is 13.8 Å². The van der Waals surface area contributed by atoms with Crippen molar-refractivity contribution in [2.24, 2.45) is 0 Å². The maximum atomic E-state index is 12.2. The van der Waals surface area contributed by atoms with Crippen LogP contribution in [0.15, 0.2) is 38.5 Å². The van der Waals surface area contributed by atoms with Crippen LogP contribution in [-0.2, 0) is 11.3 Å². The number of thiophene rings is 1. The van der Waals surface area contributed by atoms with Gasteiger partial charge in [0.2, 0.25) is 0 Å². The quantitative estimate of drug-likeness (QED) is 0.609. The van der Waals surface area contributed by atoms with Gasteiger partial charge in [0.15, 0.2) is 6.61 Å². The topological polar surface area (TPSA) is 65.2 Å². The third-order valence-electron chi connectivity index (χ3n) is 3.40. The van der Waals surface area contributed by atoms with Crippen LogP contribution in [0.4, 0.5) is 0 Å². The van der Waals surface area contributed by atoms with E-state index in [4.69, 9.17) is 9.15 Å². The number of rotatable bonds is 4. The Morgan fingerprint density at radius 3 is 2.83 bits per heavy atom. The highest BCUT2D eigenvalue weighted by Crippen LogP contribution is 2.30. The zero-order chi connectivity index (χ0) is 16.4. The second-order valence-electron chi connectivity index (χ2n) is 4.93. The molecule has 23 heavy (non-hydrogen) atoms. The smallest absolute Gasteiger partial charge is 0.338 e. The number of carbonyl (C=O) groups excluding carboxylic acids is 1. The summed E-state index contributed by atoms with van der Waals surface area (Å²) in [6.07, 6.45) is 0. The summed E-state index contributed by atoms with van der Waals surface area (Å²) < 4.78 is 11.8. The van der Waals surface area contributed by atoms with E-state index < -0.39 is 5.97 Å². The number of hydrogen-bond donors (Lipinski definition) is 0. The second kappa shape index (κ2) is 6.64. The standard InChI is InChI=1S/C16H13BrN2O3S/c1-9-4-3-5-11(10(9)2)16(20)21-8-14-18-19-15(22-14)12-6-7-13(17)23-12/h3-7H,8H2,1-2H3. The molecule has 0 saturated heterocycles. The number of ether oxygens (including phenoxy) is 1. The van der Waals surface area contributed by atoms with E-state index in [-0.39, 0.29) is 12.5 Å². The predicted molar refractivity (Wildman–Crippen MR) is 90.3 cm³/mol. The van der Waals surface area contributed by atoms with Gasteiger partial charge in [-0.2, -0.15) is 0 Å². The molecule has 0 fully saturated rings. The van der Waals surface area contributed by atoms with Gasteiger partial charge >= 0.3 is 5.97 Å². The number of carbonyl (C=O) groups is 1. The lowest BCUT2D eigenvalue weighted by Crippen LogP contribution is -2.08. The van der Waals surface area contributed by atoms with Crippen molar-refractivity contribution in [2.45, 2.75) is 20.5 Å². The van der Waals surface area contributed by atoms with Gasteiger partial charge in [-0.15, -0.1) is 21.5 Å². The molecular formula is C16H13BrN2O3S. The van der Waals surface area contributed by atoms with Crippen LogP contribution in [0.25, 0.3) is 10.8 Å². The first kappa shape index (κ1) is 15.9. The molecule has 0 N–H and O–H groups in total. The van der Waals surface area contributed by atoms with Crippen LogP contribution in [0.3, 0.4) is 0 Å². The summed E-state index contributed by atoms with van der Waals surface area (Å²) in [5, 5.41) is 7.87. The number of aromatic nitrogens is 2. The summed E-state index contributed by atoms with van der Waals surface area (Å²) in [5.41, 5.74) is 2.50. The van der Waals surface area contributed by atoms with Gasteiger partial charge in [0.1, 0.15) is 0 Å². The molecular weight excluding hydrogens is 380 g/mol. The summed E-state index contributed by atoms with van der Waals surface area (Å²) >= 11 is 4.88. The van der Waals surface area contributed by atoms with Crippen molar-refractivity contribution < 1.29 is 13.9 Å². The van der Waals surface area contributed by atoms with E-state index in [2.05, 4.69) is 26.1 Å². The predicted octanol–water partition coefficient (Wildman–Crippen LogP) is 4.53. The highest BCUT2D eigenvalue weighted by Gasteiger charge is 2.15. The van der Waals surface area contributed by atoms with E-state index in [9.17, 15) is 4.79 Å². The highest BCUT2D eigenvalue weighted by molar-refractivity contribution is 9.11. The molecule has 118 valence electrons. The summed E-state index contributed by atoms with van der Waals surface area (Å²) in [5.74, 6) is 0.284. The van der Waals surface area contributed by atoms with Crippen LogP contribution in [0.2, 0.25) is 0 Å². The van der Waals surface area contributed by atoms with Crippen molar-refractivity contribution >= 4 is 33.2 Å². The minimum atomic E-state index is -0.398. The number of esters is 1. The van der Waals surface area contributed by atoms with E-state index in [1.807, 2.05) is 38.1 Å². The van der Waals surface area contributed by atoms with Crippen LogP contribution in [0.1, 0.15) is 27.4 Å². The maximum Gasteiger partial charge on any atom is 0.338 e. The lowest BCUT2D eigenvalue weighted by molar-refractivity contribution is 0.0437. The molecule has 3 rings (SSSR count). The lowest BCUT2D eigenvalue weighted by atomic mass is 10.0. The van der Waals surface area contributed by atoms with Crippen molar-refractivity contribution in [3.63, 3.8) is 0 Å². The van der Waals surface area contributed by atoms with Gasteiger partial charge in [-0.05, 0) is 59.1 Å². The van der Waals surface area contributed by atoms with Gasteiger partial charge in [-0.25, -0.2) is 4.79 Å². The second-order valence-corrected chi connectivity index (χ2v) is 7.39. The minimum absolute atomic E-state index is 0.0498. The molecule has 0 radical (unpaired) electrons. The van der Waals surface area contributed by atoms with Crippen LogP contribution < -0.4 is 0 Å². The molecule has 2 heterocycles. The van der Waals surface area contributed by atoms with Gasteiger partial charge in [-0.3, -0.25) is 0 Å². The summed E-state index contributed by atoms with van der Waals surface area (Å²) in [6.45, 7) is 3.80. The SMILES string of the molecule is Cc1cccc(C(=O)OCc2nnc(-c3ccc(Br)s3)o2)c1C. The number of hydrogen-bond acceptors (Lipinski definition) is 6. The summed E-state index contributed by atoms with van der Waals surface area (Å²) in [7, 11) is 0. The molecule has 0 bridgehead atoms. The number of nitrogens with zero attached hydrogens (tertiary/aromatic N) is 2. The fourth-order valence-corrected chi connectivity index (χ4v) is 3.33. The molecule has 0 saturated carbocycles. The fourth-order valence-electron chi connectivity index (χ4n) is 2.02. The molecule has 0 aliphatic heterocycles. The molecule has 0 spiro atoms. The van der Waals surface area contributed by atoms with E-state index >= 15 is 0 Å². The van der Waals surface area contributed by atoms with Gasteiger partial charge in [0.05, 0.1) is 14.2 Å². The zero-order valence-electron chi connectivity index (χ0n) is 12.5.